The summed E-state index contributed by atoms with van der Waals surface area (Å²) in [6, 6.07) is 6.77. The van der Waals surface area contributed by atoms with Gasteiger partial charge < -0.3 is 20.4 Å². The number of benzene rings is 1. The van der Waals surface area contributed by atoms with Crippen LogP contribution in [-0.4, -0.2) is 46.3 Å². The number of rotatable bonds is 6. The van der Waals surface area contributed by atoms with E-state index in [1.165, 1.54) is 4.90 Å². The molecule has 1 aromatic rings. The van der Waals surface area contributed by atoms with E-state index >= 15 is 0 Å². The summed E-state index contributed by atoms with van der Waals surface area (Å²) in [6.07, 6.45) is -0.0778. The maximum atomic E-state index is 11.9. The third kappa shape index (κ3) is 6.27. The predicted molar refractivity (Wildman–Crippen MR) is 78.9 cm³/mol. The molecule has 0 heterocycles. The third-order valence-electron chi connectivity index (χ3n) is 2.86. The van der Waals surface area contributed by atoms with Gasteiger partial charge in [-0.3, -0.25) is 4.79 Å². The summed E-state index contributed by atoms with van der Waals surface area (Å²) in [5.41, 5.74) is 0.480. The topological polar surface area (TPSA) is 89.9 Å². The molecule has 0 saturated carbocycles. The van der Waals surface area contributed by atoms with Gasteiger partial charge in [-0.25, -0.2) is 4.79 Å². The zero-order valence-corrected chi connectivity index (χ0v) is 12.6. The van der Waals surface area contributed by atoms with Crippen molar-refractivity contribution in [2.24, 2.45) is 0 Å². The maximum Gasteiger partial charge on any atom is 0.317 e. The fourth-order valence-corrected chi connectivity index (χ4v) is 2.02. The van der Waals surface area contributed by atoms with Gasteiger partial charge in [0.25, 0.3) is 0 Å². The number of carbonyl (C=O) groups is 2. The molecule has 0 fully saturated rings. The molecule has 0 aliphatic heterocycles. The Labute approximate surface area is 124 Å². The second kappa shape index (κ2) is 7.08. The van der Waals surface area contributed by atoms with Crippen molar-refractivity contribution in [1.82, 2.24) is 10.2 Å². The minimum atomic E-state index is -0.965. The summed E-state index contributed by atoms with van der Waals surface area (Å²) in [5.74, 6) is -0.909. The number of hydrogen-bond donors (Lipinski definition) is 3. The molecule has 2 amide bonds. The molecule has 116 valence electrons. The summed E-state index contributed by atoms with van der Waals surface area (Å²) >= 11 is 0. The summed E-state index contributed by atoms with van der Waals surface area (Å²) in [5, 5.41) is 21.3. The van der Waals surface area contributed by atoms with Crippen LogP contribution in [-0.2, 0) is 17.8 Å². The van der Waals surface area contributed by atoms with Gasteiger partial charge in [0.05, 0.1) is 18.6 Å². The Kier molecular flexibility index (Phi) is 5.72. The number of nitrogens with one attached hydrogen (secondary N) is 1. The van der Waals surface area contributed by atoms with Gasteiger partial charge in [0.2, 0.25) is 0 Å². The fraction of sp³-hybridized carbons (Fsp3) is 0.467. The van der Waals surface area contributed by atoms with Crippen LogP contribution in [0, 0.1) is 0 Å². The zero-order valence-electron chi connectivity index (χ0n) is 12.6. The molecule has 1 aromatic carbocycles. The number of aliphatic carboxylic acids is 1. The number of likely N-dealkylation sites (N-methyl/N-ethyl adjacent to an activating group) is 1. The average molecular weight is 294 g/mol. The number of carbonyl (C=O) groups excluding carboxylic acids is 1. The van der Waals surface area contributed by atoms with Gasteiger partial charge >= 0.3 is 12.0 Å². The Morgan fingerprint density at radius 3 is 2.33 bits per heavy atom. The number of hydrogen-bond acceptors (Lipinski definition) is 3. The van der Waals surface area contributed by atoms with Crippen molar-refractivity contribution < 1.29 is 19.8 Å². The van der Waals surface area contributed by atoms with Crippen LogP contribution in [0.3, 0.4) is 0 Å². The second-order valence-corrected chi connectivity index (χ2v) is 5.67. The van der Waals surface area contributed by atoms with E-state index in [0.717, 1.165) is 5.56 Å². The van der Waals surface area contributed by atoms with Crippen molar-refractivity contribution in [3.05, 3.63) is 35.4 Å². The lowest BCUT2D eigenvalue weighted by Gasteiger charge is -2.25. The summed E-state index contributed by atoms with van der Waals surface area (Å²) in [6.45, 7) is 3.70. The Morgan fingerprint density at radius 2 is 1.81 bits per heavy atom. The van der Waals surface area contributed by atoms with Crippen molar-refractivity contribution in [3.8, 4) is 0 Å². The van der Waals surface area contributed by atoms with E-state index in [1.54, 1.807) is 45.2 Å². The van der Waals surface area contributed by atoms with Crippen LogP contribution in [0.25, 0.3) is 0 Å². The third-order valence-corrected chi connectivity index (χ3v) is 2.86. The number of carboxylic acid groups (broad SMARTS) is 1. The van der Waals surface area contributed by atoms with E-state index in [4.69, 9.17) is 5.11 Å². The smallest absolute Gasteiger partial charge is 0.317 e. The Morgan fingerprint density at radius 1 is 1.24 bits per heavy atom. The minimum Gasteiger partial charge on any atom is -0.481 e. The lowest BCUT2D eigenvalue weighted by atomic mass is 10.0. The molecule has 0 atom stereocenters. The van der Waals surface area contributed by atoms with Gasteiger partial charge in [-0.15, -0.1) is 0 Å². The fourth-order valence-electron chi connectivity index (χ4n) is 2.02. The highest BCUT2D eigenvalue weighted by atomic mass is 16.4. The van der Waals surface area contributed by atoms with Gasteiger partial charge in [-0.2, -0.15) is 0 Å². The standard InChI is InChI=1S/C15H22N2O4/c1-15(2,21)10-17(3)14(20)16-9-12-7-5-4-6-11(12)8-13(18)19/h4-7,21H,8-10H2,1-3H3,(H,16,20)(H,18,19). The Balaban J connectivity index is 2.63. The molecule has 21 heavy (non-hydrogen) atoms. The van der Waals surface area contributed by atoms with E-state index in [0.29, 0.717) is 5.56 Å². The molecular formula is C15H22N2O4. The largest absolute Gasteiger partial charge is 0.481 e. The van der Waals surface area contributed by atoms with Crippen LogP contribution in [0.5, 0.6) is 0 Å². The number of urea groups is 1. The van der Waals surface area contributed by atoms with Gasteiger partial charge in [0.15, 0.2) is 0 Å². The quantitative estimate of drug-likeness (QED) is 0.736. The van der Waals surface area contributed by atoms with Crippen molar-refractivity contribution in [2.45, 2.75) is 32.4 Å². The summed E-state index contributed by atoms with van der Waals surface area (Å²) in [7, 11) is 1.59. The van der Waals surface area contributed by atoms with Crippen molar-refractivity contribution >= 4 is 12.0 Å². The average Bonchev–Trinajstić information content (AvgIpc) is 2.34. The highest BCUT2D eigenvalue weighted by Gasteiger charge is 2.19. The summed E-state index contributed by atoms with van der Waals surface area (Å²) in [4.78, 5) is 24.1. The van der Waals surface area contributed by atoms with Crippen LogP contribution < -0.4 is 5.32 Å². The molecule has 6 heteroatoms. The molecule has 6 nitrogen and oxygen atoms in total. The highest BCUT2D eigenvalue weighted by Crippen LogP contribution is 2.10. The van der Waals surface area contributed by atoms with E-state index in [9.17, 15) is 14.7 Å². The maximum absolute atomic E-state index is 11.9. The molecule has 0 bridgehead atoms. The minimum absolute atomic E-state index is 0.0778. The van der Waals surface area contributed by atoms with E-state index in [2.05, 4.69) is 5.32 Å². The van der Waals surface area contributed by atoms with E-state index < -0.39 is 11.6 Å². The first-order chi connectivity index (χ1) is 9.69. The van der Waals surface area contributed by atoms with Crippen LogP contribution in [0.2, 0.25) is 0 Å². The SMILES string of the molecule is CN(CC(C)(C)O)C(=O)NCc1ccccc1CC(=O)O. The number of carboxylic acids is 1. The lowest BCUT2D eigenvalue weighted by Crippen LogP contribution is -2.44. The lowest BCUT2D eigenvalue weighted by molar-refractivity contribution is -0.136. The first-order valence-electron chi connectivity index (χ1n) is 6.69. The van der Waals surface area contributed by atoms with Crippen LogP contribution in [0.4, 0.5) is 4.79 Å². The molecule has 0 spiro atoms. The number of aliphatic hydroxyl groups is 1. The van der Waals surface area contributed by atoms with Gasteiger partial charge in [0, 0.05) is 13.6 Å². The van der Waals surface area contributed by atoms with E-state index in [1.807, 2.05) is 0 Å². The molecule has 3 N–H and O–H groups in total. The Hall–Kier alpha value is -2.08. The molecule has 0 aromatic heterocycles. The van der Waals surface area contributed by atoms with Gasteiger partial charge in [-0.1, -0.05) is 24.3 Å². The molecular weight excluding hydrogens is 272 g/mol. The first-order valence-corrected chi connectivity index (χ1v) is 6.69. The number of amides is 2. The van der Waals surface area contributed by atoms with Crippen molar-refractivity contribution in [1.29, 1.82) is 0 Å². The van der Waals surface area contributed by atoms with Crippen molar-refractivity contribution in [3.63, 3.8) is 0 Å². The van der Waals surface area contributed by atoms with E-state index in [-0.39, 0.29) is 25.5 Å². The highest BCUT2D eigenvalue weighted by molar-refractivity contribution is 5.74. The Bertz CT molecular complexity index is 509. The van der Waals surface area contributed by atoms with Crippen LogP contribution >= 0.6 is 0 Å². The monoisotopic (exact) mass is 294 g/mol. The molecule has 0 unspecified atom stereocenters. The molecule has 0 saturated heterocycles. The van der Waals surface area contributed by atoms with Gasteiger partial charge in [-0.05, 0) is 25.0 Å². The molecule has 0 aliphatic carbocycles. The predicted octanol–water partition coefficient (Wildman–Crippen LogP) is 1.23. The van der Waals surface area contributed by atoms with Crippen LogP contribution in [0.1, 0.15) is 25.0 Å². The molecule has 1 rings (SSSR count). The summed E-state index contributed by atoms with van der Waals surface area (Å²) < 4.78 is 0. The van der Waals surface area contributed by atoms with Gasteiger partial charge in [0.1, 0.15) is 0 Å². The molecule has 0 aliphatic rings. The second-order valence-electron chi connectivity index (χ2n) is 5.67. The molecule has 0 radical (unpaired) electrons. The van der Waals surface area contributed by atoms with Crippen LogP contribution in [0.15, 0.2) is 24.3 Å². The van der Waals surface area contributed by atoms with Crippen molar-refractivity contribution in [2.75, 3.05) is 13.6 Å². The first kappa shape index (κ1) is 17.0. The number of nitrogens with zero attached hydrogens (tertiary/aromatic N) is 1. The zero-order chi connectivity index (χ0) is 16.0. The normalized spacial score (nSPS) is 11.0.